The zero-order valence-electron chi connectivity index (χ0n) is 18.9. The molecule has 3 heterocycles. The van der Waals surface area contributed by atoms with Crippen molar-refractivity contribution in [2.24, 2.45) is 0 Å². The van der Waals surface area contributed by atoms with Crippen LogP contribution in [-0.4, -0.2) is 75.2 Å². The third-order valence-corrected chi connectivity index (χ3v) is 8.91. The lowest BCUT2D eigenvalue weighted by atomic mass is 10.2. The number of pyridine rings is 1. The van der Waals surface area contributed by atoms with Gasteiger partial charge in [-0.25, -0.2) is 8.42 Å². The molecule has 2 aromatic heterocycles. The second-order valence-corrected chi connectivity index (χ2v) is 11.4. The number of hydrogen-bond acceptors (Lipinski definition) is 7. The Labute approximate surface area is 203 Å². The number of carbonyl (C=O) groups is 1. The average Bonchev–Trinajstić information content (AvgIpc) is 3.62. The normalized spacial score (nSPS) is 17.1. The monoisotopic (exact) mass is 498 g/mol. The highest BCUT2D eigenvalue weighted by Crippen LogP contribution is 2.41. The molecule has 5 rings (SSSR count). The maximum atomic E-state index is 12.9. The quantitative estimate of drug-likeness (QED) is 0.462. The van der Waals surface area contributed by atoms with Crippen LogP contribution in [0.4, 0.5) is 0 Å². The third kappa shape index (κ3) is 4.73. The Morgan fingerprint density at radius 2 is 1.79 bits per heavy atom. The first-order chi connectivity index (χ1) is 16.4. The van der Waals surface area contributed by atoms with Crippen molar-refractivity contribution in [2.75, 3.05) is 31.9 Å². The predicted octanol–water partition coefficient (Wildman–Crippen LogP) is 2.61. The minimum absolute atomic E-state index is 0.0225. The SMILES string of the molecule is Cc1ccc(S(=O)(=O)N2CCN(C(=O)CSc3nnc(-c4cccnc4)n3C3CC3)CC2)cc1. The summed E-state index contributed by atoms with van der Waals surface area (Å²) in [7, 11) is -3.55. The van der Waals surface area contributed by atoms with Crippen molar-refractivity contribution in [3.05, 3.63) is 54.4 Å². The minimum Gasteiger partial charge on any atom is -0.339 e. The lowest BCUT2D eigenvalue weighted by Crippen LogP contribution is -2.50. The van der Waals surface area contributed by atoms with Gasteiger partial charge in [0, 0.05) is 50.2 Å². The summed E-state index contributed by atoms with van der Waals surface area (Å²) in [4.78, 5) is 19.1. The molecular weight excluding hydrogens is 472 g/mol. The molecule has 0 spiro atoms. The van der Waals surface area contributed by atoms with Crippen LogP contribution in [0.2, 0.25) is 0 Å². The van der Waals surface area contributed by atoms with Crippen molar-refractivity contribution in [1.82, 2.24) is 29.0 Å². The molecule has 1 aliphatic carbocycles. The van der Waals surface area contributed by atoms with Crippen LogP contribution in [0, 0.1) is 6.92 Å². The van der Waals surface area contributed by atoms with E-state index in [1.807, 2.05) is 19.1 Å². The van der Waals surface area contributed by atoms with Gasteiger partial charge in [0.05, 0.1) is 10.6 Å². The molecule has 1 aliphatic heterocycles. The minimum atomic E-state index is -3.55. The van der Waals surface area contributed by atoms with Gasteiger partial charge in [0.2, 0.25) is 15.9 Å². The van der Waals surface area contributed by atoms with E-state index < -0.39 is 10.0 Å². The molecule has 0 bridgehead atoms. The van der Waals surface area contributed by atoms with Gasteiger partial charge < -0.3 is 4.90 Å². The Balaban J connectivity index is 1.20. The van der Waals surface area contributed by atoms with Crippen LogP contribution < -0.4 is 0 Å². The van der Waals surface area contributed by atoms with Crippen molar-refractivity contribution in [3.63, 3.8) is 0 Å². The Hall–Kier alpha value is -2.76. The number of hydrogen-bond donors (Lipinski definition) is 0. The number of aromatic nitrogens is 4. The van der Waals surface area contributed by atoms with Crippen molar-refractivity contribution < 1.29 is 13.2 Å². The van der Waals surface area contributed by atoms with Gasteiger partial charge in [-0.2, -0.15) is 4.31 Å². The smallest absolute Gasteiger partial charge is 0.243 e. The highest BCUT2D eigenvalue weighted by Gasteiger charge is 2.32. The fourth-order valence-electron chi connectivity index (χ4n) is 3.98. The third-order valence-electron chi connectivity index (χ3n) is 6.07. The van der Waals surface area contributed by atoms with Gasteiger partial charge >= 0.3 is 0 Å². The van der Waals surface area contributed by atoms with E-state index in [-0.39, 0.29) is 29.6 Å². The van der Waals surface area contributed by atoms with Crippen LogP contribution in [0.15, 0.2) is 58.8 Å². The first-order valence-corrected chi connectivity index (χ1v) is 13.7. The number of benzene rings is 1. The van der Waals surface area contributed by atoms with E-state index in [0.29, 0.717) is 19.1 Å². The maximum Gasteiger partial charge on any atom is 0.243 e. The van der Waals surface area contributed by atoms with Gasteiger partial charge in [-0.3, -0.25) is 14.3 Å². The summed E-state index contributed by atoms with van der Waals surface area (Å²) >= 11 is 1.38. The number of sulfonamides is 1. The van der Waals surface area contributed by atoms with Gasteiger partial charge in [0.1, 0.15) is 0 Å². The van der Waals surface area contributed by atoms with Crippen LogP contribution in [-0.2, 0) is 14.8 Å². The Morgan fingerprint density at radius 1 is 1.06 bits per heavy atom. The predicted molar refractivity (Wildman–Crippen MR) is 129 cm³/mol. The average molecular weight is 499 g/mol. The highest BCUT2D eigenvalue weighted by atomic mass is 32.2. The summed E-state index contributed by atoms with van der Waals surface area (Å²) in [6.45, 7) is 3.25. The van der Waals surface area contributed by atoms with E-state index in [1.54, 1.807) is 41.6 Å². The van der Waals surface area contributed by atoms with Gasteiger partial charge in [0.15, 0.2) is 11.0 Å². The molecule has 34 heavy (non-hydrogen) atoms. The van der Waals surface area contributed by atoms with Gasteiger partial charge in [-0.05, 0) is 44.0 Å². The summed E-state index contributed by atoms with van der Waals surface area (Å²) in [6, 6.07) is 11.0. The zero-order chi connectivity index (χ0) is 23.7. The molecule has 0 N–H and O–H groups in total. The molecule has 1 aromatic carbocycles. The van der Waals surface area contributed by atoms with Crippen LogP contribution in [0.25, 0.3) is 11.4 Å². The second-order valence-electron chi connectivity index (χ2n) is 8.54. The van der Waals surface area contributed by atoms with Crippen molar-refractivity contribution >= 4 is 27.7 Å². The molecule has 178 valence electrons. The lowest BCUT2D eigenvalue weighted by molar-refractivity contribution is -0.129. The van der Waals surface area contributed by atoms with Crippen LogP contribution in [0.5, 0.6) is 0 Å². The fourth-order valence-corrected chi connectivity index (χ4v) is 6.31. The van der Waals surface area contributed by atoms with Crippen molar-refractivity contribution in [3.8, 4) is 11.4 Å². The second kappa shape index (κ2) is 9.47. The molecule has 0 radical (unpaired) electrons. The number of aryl methyl sites for hydroxylation is 1. The standard InChI is InChI=1S/C23H26N6O3S2/c1-17-4-8-20(9-5-17)34(31,32)28-13-11-27(12-14-28)21(30)16-33-23-26-25-22(29(23)19-6-7-19)18-3-2-10-24-15-18/h2-5,8-10,15,19H,6-7,11-14,16H2,1H3. The van der Waals surface area contributed by atoms with Gasteiger partial charge in [-0.1, -0.05) is 29.5 Å². The van der Waals surface area contributed by atoms with Crippen LogP contribution in [0.3, 0.4) is 0 Å². The van der Waals surface area contributed by atoms with E-state index in [9.17, 15) is 13.2 Å². The van der Waals surface area contributed by atoms with E-state index in [0.717, 1.165) is 34.9 Å². The summed E-state index contributed by atoms with van der Waals surface area (Å²) in [5, 5.41) is 9.44. The summed E-state index contributed by atoms with van der Waals surface area (Å²) < 4.78 is 29.4. The molecule has 1 saturated carbocycles. The van der Waals surface area contributed by atoms with E-state index in [4.69, 9.17) is 0 Å². The van der Waals surface area contributed by atoms with Crippen LogP contribution >= 0.6 is 11.8 Å². The van der Waals surface area contributed by atoms with Crippen molar-refractivity contribution in [2.45, 2.75) is 35.9 Å². The first kappa shape index (κ1) is 23.0. The molecule has 2 aliphatic rings. The van der Waals surface area contributed by atoms with Gasteiger partial charge in [0.25, 0.3) is 0 Å². The largest absolute Gasteiger partial charge is 0.339 e. The fraction of sp³-hybridized carbons (Fsp3) is 0.391. The van der Waals surface area contributed by atoms with E-state index in [2.05, 4.69) is 19.7 Å². The number of piperazine rings is 1. The number of nitrogens with zero attached hydrogens (tertiary/aromatic N) is 6. The number of rotatable bonds is 7. The van der Waals surface area contributed by atoms with Gasteiger partial charge in [-0.15, -0.1) is 10.2 Å². The zero-order valence-corrected chi connectivity index (χ0v) is 20.5. The Morgan fingerprint density at radius 3 is 2.44 bits per heavy atom. The summed E-state index contributed by atoms with van der Waals surface area (Å²) in [5.74, 6) is 0.994. The Bertz CT molecular complexity index is 1270. The molecule has 0 unspecified atom stereocenters. The maximum absolute atomic E-state index is 12.9. The van der Waals surface area contributed by atoms with Crippen molar-refractivity contribution in [1.29, 1.82) is 0 Å². The molecule has 11 heteroatoms. The number of thioether (sulfide) groups is 1. The molecule has 9 nitrogen and oxygen atoms in total. The molecule has 0 atom stereocenters. The van der Waals surface area contributed by atoms with E-state index >= 15 is 0 Å². The Kier molecular flexibility index (Phi) is 6.41. The molecular formula is C23H26N6O3S2. The first-order valence-electron chi connectivity index (χ1n) is 11.3. The molecule has 1 saturated heterocycles. The number of amides is 1. The molecule has 2 fully saturated rings. The van der Waals surface area contributed by atoms with E-state index in [1.165, 1.54) is 16.1 Å². The molecule has 1 amide bonds. The topological polar surface area (TPSA) is 101 Å². The van der Waals surface area contributed by atoms with Crippen LogP contribution in [0.1, 0.15) is 24.4 Å². The lowest BCUT2D eigenvalue weighted by Gasteiger charge is -2.34. The number of carbonyl (C=O) groups excluding carboxylic acids is 1. The highest BCUT2D eigenvalue weighted by molar-refractivity contribution is 7.99. The summed E-state index contributed by atoms with van der Waals surface area (Å²) in [5.41, 5.74) is 1.92. The summed E-state index contributed by atoms with van der Waals surface area (Å²) in [6.07, 6.45) is 5.64. The molecule has 3 aromatic rings.